The van der Waals surface area contributed by atoms with Crippen molar-refractivity contribution in [2.45, 2.75) is 12.8 Å². The SMILES string of the molecule is O=C([CH]CCc1ccccc1)CF. The molecule has 1 radical (unpaired) electrons. The van der Waals surface area contributed by atoms with Crippen LogP contribution >= 0.6 is 0 Å². The van der Waals surface area contributed by atoms with Crippen molar-refractivity contribution >= 4 is 5.78 Å². The molecule has 1 rings (SSSR count). The second kappa shape index (κ2) is 5.46. The number of ketones is 1. The van der Waals surface area contributed by atoms with Crippen molar-refractivity contribution in [1.29, 1.82) is 0 Å². The molecule has 0 aromatic heterocycles. The lowest BCUT2D eigenvalue weighted by molar-refractivity contribution is -0.116. The summed E-state index contributed by atoms with van der Waals surface area (Å²) in [5.74, 6) is -0.420. The first-order chi connectivity index (χ1) is 6.33. The molecule has 0 aliphatic heterocycles. The molecule has 0 heterocycles. The molecule has 0 saturated carbocycles. The average molecular weight is 179 g/mol. The third-order valence-electron chi connectivity index (χ3n) is 1.78. The molecule has 69 valence electrons. The fraction of sp³-hybridized carbons (Fsp3) is 0.273. The second-order valence-electron chi connectivity index (χ2n) is 2.83. The summed E-state index contributed by atoms with van der Waals surface area (Å²) >= 11 is 0. The summed E-state index contributed by atoms with van der Waals surface area (Å²) in [5.41, 5.74) is 1.17. The van der Waals surface area contributed by atoms with Crippen LogP contribution in [0, 0.1) is 6.42 Å². The zero-order valence-electron chi connectivity index (χ0n) is 7.37. The molecule has 0 saturated heterocycles. The molecule has 1 aromatic carbocycles. The van der Waals surface area contributed by atoms with Crippen LogP contribution in [-0.4, -0.2) is 12.5 Å². The Morgan fingerprint density at radius 2 is 2.00 bits per heavy atom. The number of Topliss-reactive ketones (excluding diaryl/α,β-unsaturated/α-hetero) is 1. The van der Waals surface area contributed by atoms with Crippen molar-refractivity contribution in [3.8, 4) is 0 Å². The number of hydrogen-bond acceptors (Lipinski definition) is 1. The van der Waals surface area contributed by atoms with E-state index in [4.69, 9.17) is 0 Å². The van der Waals surface area contributed by atoms with Crippen molar-refractivity contribution in [1.82, 2.24) is 0 Å². The molecule has 0 spiro atoms. The summed E-state index contributed by atoms with van der Waals surface area (Å²) in [5, 5.41) is 0. The third-order valence-corrected chi connectivity index (χ3v) is 1.78. The highest BCUT2D eigenvalue weighted by Gasteiger charge is 2.00. The number of hydrogen-bond donors (Lipinski definition) is 0. The van der Waals surface area contributed by atoms with Crippen LogP contribution in [0.15, 0.2) is 30.3 Å². The molecule has 0 aliphatic carbocycles. The number of rotatable bonds is 5. The normalized spacial score (nSPS) is 9.92. The lowest BCUT2D eigenvalue weighted by Gasteiger charge is -1.98. The van der Waals surface area contributed by atoms with Gasteiger partial charge in [0.2, 0.25) is 0 Å². The van der Waals surface area contributed by atoms with Crippen LogP contribution in [0.25, 0.3) is 0 Å². The second-order valence-corrected chi connectivity index (χ2v) is 2.83. The molecule has 0 amide bonds. The Balaban J connectivity index is 2.24. The maximum atomic E-state index is 11.7. The molecule has 1 aromatic rings. The quantitative estimate of drug-likeness (QED) is 0.678. The van der Waals surface area contributed by atoms with E-state index in [-0.39, 0.29) is 0 Å². The van der Waals surface area contributed by atoms with Gasteiger partial charge in [0.25, 0.3) is 0 Å². The van der Waals surface area contributed by atoms with Crippen LogP contribution in [0.4, 0.5) is 4.39 Å². The standard InChI is InChI=1S/C11H12FO/c12-9-11(13)8-4-7-10-5-2-1-3-6-10/h1-3,5-6,8H,4,7,9H2. The number of benzene rings is 1. The van der Waals surface area contributed by atoms with Gasteiger partial charge in [-0.05, 0) is 18.4 Å². The van der Waals surface area contributed by atoms with Crippen molar-refractivity contribution < 1.29 is 9.18 Å². The molecule has 0 atom stereocenters. The summed E-state index contributed by atoms with van der Waals surface area (Å²) in [4.78, 5) is 10.6. The smallest absolute Gasteiger partial charge is 0.167 e. The van der Waals surface area contributed by atoms with E-state index in [2.05, 4.69) is 0 Å². The first kappa shape index (κ1) is 9.90. The zero-order chi connectivity index (χ0) is 9.52. The maximum absolute atomic E-state index is 11.7. The summed E-state index contributed by atoms with van der Waals surface area (Å²) in [6.07, 6.45) is 2.83. The molecule has 13 heavy (non-hydrogen) atoms. The Morgan fingerprint density at radius 1 is 1.31 bits per heavy atom. The average Bonchev–Trinajstić information content (AvgIpc) is 2.19. The zero-order valence-corrected chi connectivity index (χ0v) is 7.37. The van der Waals surface area contributed by atoms with Gasteiger partial charge in [0.05, 0.1) is 0 Å². The first-order valence-corrected chi connectivity index (χ1v) is 4.29. The van der Waals surface area contributed by atoms with Crippen molar-refractivity contribution in [3.05, 3.63) is 42.3 Å². The van der Waals surface area contributed by atoms with E-state index < -0.39 is 12.5 Å². The van der Waals surface area contributed by atoms with E-state index in [0.717, 1.165) is 6.42 Å². The minimum Gasteiger partial charge on any atom is -0.296 e. The minimum atomic E-state index is -0.880. The number of halogens is 1. The number of aryl methyl sites for hydroxylation is 1. The van der Waals surface area contributed by atoms with Gasteiger partial charge in [-0.25, -0.2) is 4.39 Å². The largest absolute Gasteiger partial charge is 0.296 e. The molecule has 0 unspecified atom stereocenters. The van der Waals surface area contributed by atoms with Crippen LogP contribution in [0.1, 0.15) is 12.0 Å². The highest BCUT2D eigenvalue weighted by atomic mass is 19.1. The number of carbonyl (C=O) groups excluding carboxylic acids is 1. The minimum absolute atomic E-state index is 0.420. The maximum Gasteiger partial charge on any atom is 0.167 e. The molecule has 2 heteroatoms. The van der Waals surface area contributed by atoms with Crippen LogP contribution in [-0.2, 0) is 11.2 Å². The molecule has 0 aliphatic rings. The highest BCUT2D eigenvalue weighted by Crippen LogP contribution is 2.04. The highest BCUT2D eigenvalue weighted by molar-refractivity contribution is 5.87. The number of alkyl halides is 1. The van der Waals surface area contributed by atoms with E-state index >= 15 is 0 Å². The van der Waals surface area contributed by atoms with Crippen LogP contribution < -0.4 is 0 Å². The predicted octanol–water partition coefficient (Wildman–Crippen LogP) is 2.36. The van der Waals surface area contributed by atoms with E-state index in [9.17, 15) is 9.18 Å². The van der Waals surface area contributed by atoms with Crippen LogP contribution in [0.2, 0.25) is 0 Å². The fourth-order valence-corrected chi connectivity index (χ4v) is 1.10. The Morgan fingerprint density at radius 3 is 2.62 bits per heavy atom. The van der Waals surface area contributed by atoms with Gasteiger partial charge in [0.15, 0.2) is 5.78 Å². The van der Waals surface area contributed by atoms with Gasteiger partial charge in [0, 0.05) is 6.42 Å². The van der Waals surface area contributed by atoms with Gasteiger partial charge in [-0.2, -0.15) is 0 Å². The summed E-state index contributed by atoms with van der Waals surface area (Å²) in [7, 11) is 0. The lowest BCUT2D eigenvalue weighted by Crippen LogP contribution is -2.01. The summed E-state index contributed by atoms with van der Waals surface area (Å²) < 4.78 is 11.7. The first-order valence-electron chi connectivity index (χ1n) is 4.29. The van der Waals surface area contributed by atoms with Crippen molar-refractivity contribution in [2.24, 2.45) is 0 Å². The van der Waals surface area contributed by atoms with Gasteiger partial charge < -0.3 is 0 Å². The molecule has 0 fully saturated rings. The molecule has 1 nitrogen and oxygen atoms in total. The van der Waals surface area contributed by atoms with Gasteiger partial charge in [0.1, 0.15) is 6.67 Å². The number of carbonyl (C=O) groups is 1. The van der Waals surface area contributed by atoms with Crippen LogP contribution in [0.5, 0.6) is 0 Å². The van der Waals surface area contributed by atoms with Gasteiger partial charge in [-0.15, -0.1) is 0 Å². The van der Waals surface area contributed by atoms with Gasteiger partial charge in [-0.1, -0.05) is 30.3 Å². The molecule has 0 N–H and O–H groups in total. The van der Waals surface area contributed by atoms with Crippen molar-refractivity contribution in [2.75, 3.05) is 6.67 Å². The molecular formula is C11H12FO. The van der Waals surface area contributed by atoms with E-state index in [1.165, 1.54) is 12.0 Å². The topological polar surface area (TPSA) is 17.1 Å². The Labute approximate surface area is 77.6 Å². The predicted molar refractivity (Wildman–Crippen MR) is 50.0 cm³/mol. The van der Waals surface area contributed by atoms with E-state index in [1.54, 1.807) is 0 Å². The molecule has 0 bridgehead atoms. The van der Waals surface area contributed by atoms with Gasteiger partial charge >= 0.3 is 0 Å². The Kier molecular flexibility index (Phi) is 4.16. The van der Waals surface area contributed by atoms with E-state index in [1.807, 2.05) is 30.3 Å². The Bertz CT molecular complexity index is 256. The van der Waals surface area contributed by atoms with Gasteiger partial charge in [-0.3, -0.25) is 4.79 Å². The Hall–Kier alpha value is -1.18. The summed E-state index contributed by atoms with van der Waals surface area (Å²) in [6, 6.07) is 9.83. The fourth-order valence-electron chi connectivity index (χ4n) is 1.10. The van der Waals surface area contributed by atoms with E-state index in [0.29, 0.717) is 6.42 Å². The molecular weight excluding hydrogens is 167 g/mol. The van der Waals surface area contributed by atoms with Crippen LogP contribution in [0.3, 0.4) is 0 Å². The lowest BCUT2D eigenvalue weighted by atomic mass is 10.1. The summed E-state index contributed by atoms with van der Waals surface area (Å²) in [6.45, 7) is -0.880. The third kappa shape index (κ3) is 3.83. The monoisotopic (exact) mass is 179 g/mol. The van der Waals surface area contributed by atoms with Crippen molar-refractivity contribution in [3.63, 3.8) is 0 Å².